The average Bonchev–Trinajstić information content (AvgIpc) is 2.60. The second-order valence-electron chi connectivity index (χ2n) is 4.32. The highest BCUT2D eigenvalue weighted by Crippen LogP contribution is 2.13. The first-order valence-electron chi connectivity index (χ1n) is 5.61. The van der Waals surface area contributed by atoms with Crippen molar-refractivity contribution in [2.24, 2.45) is 7.05 Å². The summed E-state index contributed by atoms with van der Waals surface area (Å²) in [5.74, 6) is 0.0969. The van der Waals surface area contributed by atoms with Crippen molar-refractivity contribution in [3.8, 4) is 0 Å². The van der Waals surface area contributed by atoms with E-state index in [1.54, 1.807) is 10.9 Å². The number of aromatic nitrogens is 2. The van der Waals surface area contributed by atoms with Crippen molar-refractivity contribution < 1.29 is 4.79 Å². The number of amides is 1. The zero-order valence-corrected chi connectivity index (χ0v) is 11.3. The maximum absolute atomic E-state index is 12.3. The van der Waals surface area contributed by atoms with Crippen LogP contribution < -0.4 is 5.32 Å². The van der Waals surface area contributed by atoms with Gasteiger partial charge >= 0.3 is 0 Å². The summed E-state index contributed by atoms with van der Waals surface area (Å²) in [6.07, 6.45) is 1.66. The zero-order valence-electron chi connectivity index (χ0n) is 10.4. The number of carbonyl (C=O) groups excluding carboxylic acids is 1. The van der Waals surface area contributed by atoms with E-state index in [1.807, 2.05) is 18.9 Å². The van der Waals surface area contributed by atoms with E-state index in [1.165, 1.54) is 0 Å². The van der Waals surface area contributed by atoms with Gasteiger partial charge in [0, 0.05) is 38.4 Å². The number of carbonyl (C=O) groups is 1. The Kier molecular flexibility index (Phi) is 4.54. The van der Waals surface area contributed by atoms with Crippen LogP contribution in [0.25, 0.3) is 0 Å². The fourth-order valence-corrected chi connectivity index (χ4v) is 2.01. The Morgan fingerprint density at radius 2 is 2.29 bits per heavy atom. The topological polar surface area (TPSA) is 50.2 Å². The Balaban J connectivity index is 0.00000144. The van der Waals surface area contributed by atoms with Crippen LogP contribution >= 0.6 is 12.4 Å². The smallest absolute Gasteiger partial charge is 0.257 e. The van der Waals surface area contributed by atoms with E-state index >= 15 is 0 Å². The third-order valence-electron chi connectivity index (χ3n) is 3.23. The van der Waals surface area contributed by atoms with Crippen molar-refractivity contribution in [1.29, 1.82) is 0 Å². The van der Waals surface area contributed by atoms with Gasteiger partial charge in [0.25, 0.3) is 5.91 Å². The van der Waals surface area contributed by atoms with Crippen LogP contribution in [0.4, 0.5) is 0 Å². The van der Waals surface area contributed by atoms with Gasteiger partial charge in [-0.15, -0.1) is 12.4 Å². The van der Waals surface area contributed by atoms with E-state index in [4.69, 9.17) is 0 Å². The van der Waals surface area contributed by atoms with Crippen LogP contribution in [0.2, 0.25) is 0 Å². The Labute approximate surface area is 108 Å². The third-order valence-corrected chi connectivity index (χ3v) is 3.23. The van der Waals surface area contributed by atoms with Crippen LogP contribution in [0.1, 0.15) is 23.0 Å². The molecule has 0 aromatic carbocycles. The minimum atomic E-state index is 0. The molecule has 1 amide bonds. The van der Waals surface area contributed by atoms with Gasteiger partial charge in [0.1, 0.15) is 0 Å². The summed E-state index contributed by atoms with van der Waals surface area (Å²) in [6.45, 7) is 6.50. The molecule has 1 atom stereocenters. The van der Waals surface area contributed by atoms with Gasteiger partial charge in [-0.2, -0.15) is 5.10 Å². The molecule has 0 unspecified atom stereocenters. The Hall–Kier alpha value is -1.07. The van der Waals surface area contributed by atoms with Gasteiger partial charge in [-0.05, 0) is 13.8 Å². The van der Waals surface area contributed by atoms with E-state index in [-0.39, 0.29) is 24.4 Å². The highest BCUT2D eigenvalue weighted by Gasteiger charge is 2.26. The molecule has 0 bridgehead atoms. The molecule has 96 valence electrons. The molecule has 1 aromatic heterocycles. The number of nitrogens with zero attached hydrogens (tertiary/aromatic N) is 3. The first kappa shape index (κ1) is 14.0. The lowest BCUT2D eigenvalue weighted by molar-refractivity contribution is 0.0655. The molecule has 0 spiro atoms. The third kappa shape index (κ3) is 2.61. The van der Waals surface area contributed by atoms with Crippen molar-refractivity contribution in [3.63, 3.8) is 0 Å². The molecule has 1 N–H and O–H groups in total. The van der Waals surface area contributed by atoms with Gasteiger partial charge in [0.2, 0.25) is 0 Å². The number of rotatable bonds is 1. The fourth-order valence-electron chi connectivity index (χ4n) is 2.01. The van der Waals surface area contributed by atoms with Crippen molar-refractivity contribution >= 4 is 18.3 Å². The monoisotopic (exact) mass is 258 g/mol. The molecule has 1 saturated heterocycles. The minimum absolute atomic E-state index is 0. The lowest BCUT2D eigenvalue weighted by Gasteiger charge is -2.33. The quantitative estimate of drug-likeness (QED) is 0.802. The minimum Gasteiger partial charge on any atom is -0.333 e. The van der Waals surface area contributed by atoms with Crippen LogP contribution in [-0.2, 0) is 7.05 Å². The molecule has 1 aromatic rings. The van der Waals surface area contributed by atoms with E-state index < -0.39 is 0 Å². The van der Waals surface area contributed by atoms with Gasteiger partial charge in [-0.3, -0.25) is 9.48 Å². The molecule has 0 saturated carbocycles. The molecule has 17 heavy (non-hydrogen) atoms. The summed E-state index contributed by atoms with van der Waals surface area (Å²) in [6, 6.07) is 0.251. The Morgan fingerprint density at radius 3 is 2.82 bits per heavy atom. The summed E-state index contributed by atoms with van der Waals surface area (Å²) in [4.78, 5) is 14.2. The molecule has 0 aliphatic carbocycles. The SMILES string of the molecule is Cc1c(C(=O)N2CCNC[C@H]2C)cnn1C.Cl. The summed E-state index contributed by atoms with van der Waals surface area (Å²) >= 11 is 0. The molecule has 2 heterocycles. The molecule has 2 rings (SSSR count). The summed E-state index contributed by atoms with van der Waals surface area (Å²) in [5, 5.41) is 7.39. The molecular formula is C11H19ClN4O. The number of nitrogens with one attached hydrogen (secondary N) is 1. The van der Waals surface area contributed by atoms with E-state index in [0.29, 0.717) is 0 Å². The summed E-state index contributed by atoms with van der Waals surface area (Å²) in [5.41, 5.74) is 1.65. The number of hydrogen-bond donors (Lipinski definition) is 1. The highest BCUT2D eigenvalue weighted by molar-refractivity contribution is 5.95. The predicted octanol–water partition coefficient (Wildman–Crippen LogP) is 0.584. The molecule has 1 fully saturated rings. The normalized spacial score (nSPS) is 19.9. The van der Waals surface area contributed by atoms with Crippen LogP contribution in [0, 0.1) is 6.92 Å². The van der Waals surface area contributed by atoms with Gasteiger partial charge < -0.3 is 10.2 Å². The molecule has 1 aliphatic heterocycles. The van der Waals surface area contributed by atoms with Gasteiger partial charge in [0.15, 0.2) is 0 Å². The molecule has 0 radical (unpaired) electrons. The van der Waals surface area contributed by atoms with Crippen LogP contribution in [0.15, 0.2) is 6.20 Å². The van der Waals surface area contributed by atoms with Crippen LogP contribution in [0.5, 0.6) is 0 Å². The predicted molar refractivity (Wildman–Crippen MR) is 68.6 cm³/mol. The second kappa shape index (κ2) is 5.51. The van der Waals surface area contributed by atoms with E-state index in [2.05, 4.69) is 17.3 Å². The van der Waals surface area contributed by atoms with Gasteiger partial charge in [0.05, 0.1) is 11.8 Å². The van der Waals surface area contributed by atoms with Crippen LogP contribution in [-0.4, -0.2) is 46.3 Å². The van der Waals surface area contributed by atoms with Crippen molar-refractivity contribution in [2.45, 2.75) is 19.9 Å². The average molecular weight is 259 g/mol. The molecule has 5 nitrogen and oxygen atoms in total. The largest absolute Gasteiger partial charge is 0.333 e. The number of hydrogen-bond acceptors (Lipinski definition) is 3. The van der Waals surface area contributed by atoms with Gasteiger partial charge in [-0.1, -0.05) is 0 Å². The standard InChI is InChI=1S/C11H18N4O.ClH/c1-8-6-12-4-5-15(8)11(16)10-7-13-14(3)9(10)2;/h7-8,12H,4-6H2,1-3H3;1H/t8-;/m1./s1. The maximum Gasteiger partial charge on any atom is 0.257 e. The fraction of sp³-hybridized carbons (Fsp3) is 0.636. The van der Waals surface area contributed by atoms with Gasteiger partial charge in [-0.25, -0.2) is 0 Å². The van der Waals surface area contributed by atoms with Crippen molar-refractivity contribution in [1.82, 2.24) is 20.0 Å². The summed E-state index contributed by atoms with van der Waals surface area (Å²) < 4.78 is 1.74. The van der Waals surface area contributed by atoms with Crippen LogP contribution in [0.3, 0.4) is 0 Å². The zero-order chi connectivity index (χ0) is 11.7. The molecule has 6 heteroatoms. The first-order valence-corrected chi connectivity index (χ1v) is 5.61. The first-order chi connectivity index (χ1) is 7.61. The maximum atomic E-state index is 12.3. The highest BCUT2D eigenvalue weighted by atomic mass is 35.5. The van der Waals surface area contributed by atoms with E-state index in [0.717, 1.165) is 30.9 Å². The second-order valence-corrected chi connectivity index (χ2v) is 4.32. The number of piperazine rings is 1. The van der Waals surface area contributed by atoms with E-state index in [9.17, 15) is 4.79 Å². The van der Waals surface area contributed by atoms with Crippen molar-refractivity contribution in [2.75, 3.05) is 19.6 Å². The molecule has 1 aliphatic rings. The Bertz CT molecular complexity index is 404. The van der Waals surface area contributed by atoms with Crippen molar-refractivity contribution in [3.05, 3.63) is 17.5 Å². The summed E-state index contributed by atoms with van der Waals surface area (Å²) in [7, 11) is 1.85. The number of aryl methyl sites for hydroxylation is 1. The number of halogens is 1. The molecular weight excluding hydrogens is 240 g/mol. The lowest BCUT2D eigenvalue weighted by atomic mass is 10.1. The Morgan fingerprint density at radius 1 is 1.59 bits per heavy atom. The lowest BCUT2D eigenvalue weighted by Crippen LogP contribution is -2.52.